The van der Waals surface area contributed by atoms with E-state index in [-0.39, 0.29) is 17.9 Å². The third-order valence-corrected chi connectivity index (χ3v) is 6.14. The van der Waals surface area contributed by atoms with E-state index >= 15 is 0 Å². The van der Waals surface area contributed by atoms with Gasteiger partial charge in [-0.25, -0.2) is 8.42 Å². The number of ether oxygens (including phenoxy) is 1. The van der Waals surface area contributed by atoms with E-state index in [2.05, 4.69) is 0 Å². The molecule has 0 saturated carbocycles. The second-order valence-corrected chi connectivity index (χ2v) is 8.76. The van der Waals surface area contributed by atoms with Crippen LogP contribution >= 0.6 is 11.6 Å². The number of hydrogen-bond acceptors (Lipinski definition) is 4. The third-order valence-electron chi connectivity index (χ3n) is 4.63. The molecule has 0 bridgehead atoms. The number of rotatable bonds is 2. The maximum Gasteiger partial charge on any atom is 0.253 e. The van der Waals surface area contributed by atoms with Gasteiger partial charge in [0.1, 0.15) is 0 Å². The summed E-state index contributed by atoms with van der Waals surface area (Å²) in [7, 11) is -3.22. The molecule has 2 atom stereocenters. The van der Waals surface area contributed by atoms with Gasteiger partial charge in [0.05, 0.1) is 19.0 Å². The van der Waals surface area contributed by atoms with Crippen LogP contribution in [0.4, 0.5) is 0 Å². The molecule has 132 valence electrons. The maximum atomic E-state index is 12.6. The van der Waals surface area contributed by atoms with E-state index in [1.54, 1.807) is 29.2 Å². The summed E-state index contributed by atoms with van der Waals surface area (Å²) in [4.78, 5) is 14.4. The van der Waals surface area contributed by atoms with E-state index in [4.69, 9.17) is 16.3 Å². The average molecular weight is 373 g/mol. The normalized spacial score (nSPS) is 25.8. The fourth-order valence-corrected chi connectivity index (χ4v) is 4.37. The van der Waals surface area contributed by atoms with Crippen LogP contribution in [0.15, 0.2) is 24.3 Å². The molecular weight excluding hydrogens is 352 g/mol. The van der Waals surface area contributed by atoms with E-state index in [0.29, 0.717) is 43.4 Å². The Hall–Kier alpha value is -1.15. The van der Waals surface area contributed by atoms with Crippen LogP contribution in [0.5, 0.6) is 0 Å². The quantitative estimate of drug-likeness (QED) is 0.788. The number of carbonyl (C=O) groups excluding carboxylic acids is 1. The summed E-state index contributed by atoms with van der Waals surface area (Å²) in [6.07, 6.45) is 1.82. The lowest BCUT2D eigenvalue weighted by Gasteiger charge is -2.37. The minimum Gasteiger partial charge on any atom is -0.375 e. The molecular formula is C16H21ClN2O4S. The standard InChI is InChI=1S/C16H21ClN2O4S/c1-24(21,22)19-7-8-23-15-11-18(6-5-13(15)10-19)16(20)12-3-2-4-14(17)9-12/h2-4,9,13,15H,5-8,10-11H2,1H3/t13-,15-/m1/s1. The molecule has 0 N–H and O–H groups in total. The van der Waals surface area contributed by atoms with Crippen LogP contribution in [0, 0.1) is 5.92 Å². The highest BCUT2D eigenvalue weighted by Gasteiger charge is 2.37. The molecule has 0 aliphatic carbocycles. The molecule has 8 heteroatoms. The number of halogens is 1. The summed E-state index contributed by atoms with van der Waals surface area (Å²) >= 11 is 5.96. The van der Waals surface area contributed by atoms with Crippen LogP contribution < -0.4 is 0 Å². The number of likely N-dealkylation sites (tertiary alicyclic amines) is 1. The molecule has 2 aliphatic heterocycles. The Morgan fingerprint density at radius 3 is 2.79 bits per heavy atom. The van der Waals surface area contributed by atoms with E-state index < -0.39 is 10.0 Å². The first-order valence-electron chi connectivity index (χ1n) is 7.96. The fourth-order valence-electron chi connectivity index (χ4n) is 3.31. The lowest BCUT2D eigenvalue weighted by molar-refractivity contribution is -0.0170. The van der Waals surface area contributed by atoms with Gasteiger partial charge in [0.25, 0.3) is 5.91 Å². The fraction of sp³-hybridized carbons (Fsp3) is 0.562. The summed E-state index contributed by atoms with van der Waals surface area (Å²) in [5.74, 6) is 0.0504. The first-order valence-corrected chi connectivity index (χ1v) is 10.2. The lowest BCUT2D eigenvalue weighted by Crippen LogP contribution is -2.49. The van der Waals surface area contributed by atoms with Crippen molar-refractivity contribution in [3.8, 4) is 0 Å². The molecule has 24 heavy (non-hydrogen) atoms. The Morgan fingerprint density at radius 2 is 2.08 bits per heavy atom. The van der Waals surface area contributed by atoms with Crippen molar-refractivity contribution in [1.29, 1.82) is 0 Å². The van der Waals surface area contributed by atoms with Crippen molar-refractivity contribution in [2.24, 2.45) is 5.92 Å². The van der Waals surface area contributed by atoms with E-state index in [1.165, 1.54) is 10.6 Å². The van der Waals surface area contributed by atoms with Gasteiger partial charge in [0.2, 0.25) is 10.0 Å². The van der Waals surface area contributed by atoms with Gasteiger partial charge in [0.15, 0.2) is 0 Å². The molecule has 0 radical (unpaired) electrons. The zero-order chi connectivity index (χ0) is 17.3. The zero-order valence-electron chi connectivity index (χ0n) is 13.5. The smallest absolute Gasteiger partial charge is 0.253 e. The molecule has 6 nitrogen and oxygen atoms in total. The van der Waals surface area contributed by atoms with Crippen molar-refractivity contribution in [2.75, 3.05) is 39.0 Å². The molecule has 1 aromatic carbocycles. The minimum absolute atomic E-state index is 0.0660. The van der Waals surface area contributed by atoms with Gasteiger partial charge in [0, 0.05) is 42.7 Å². The Labute approximate surface area is 147 Å². The van der Waals surface area contributed by atoms with Gasteiger partial charge in [-0.2, -0.15) is 4.31 Å². The maximum absolute atomic E-state index is 12.6. The summed E-state index contributed by atoms with van der Waals surface area (Å²) in [5.41, 5.74) is 0.562. The van der Waals surface area contributed by atoms with Gasteiger partial charge in [-0.05, 0) is 24.6 Å². The SMILES string of the molecule is CS(=O)(=O)N1CCO[C@@H]2CN(C(=O)c3cccc(Cl)c3)CC[C@@H]2C1. The van der Waals surface area contributed by atoms with Crippen molar-refractivity contribution in [2.45, 2.75) is 12.5 Å². The second-order valence-electron chi connectivity index (χ2n) is 6.34. The van der Waals surface area contributed by atoms with E-state index in [9.17, 15) is 13.2 Å². The van der Waals surface area contributed by atoms with Crippen LogP contribution in [0.2, 0.25) is 5.02 Å². The van der Waals surface area contributed by atoms with Crippen LogP contribution in [0.1, 0.15) is 16.8 Å². The highest BCUT2D eigenvalue weighted by Crippen LogP contribution is 2.26. The Morgan fingerprint density at radius 1 is 1.29 bits per heavy atom. The topological polar surface area (TPSA) is 66.9 Å². The zero-order valence-corrected chi connectivity index (χ0v) is 15.1. The highest BCUT2D eigenvalue weighted by molar-refractivity contribution is 7.88. The number of nitrogens with zero attached hydrogens (tertiary/aromatic N) is 2. The molecule has 0 unspecified atom stereocenters. The second kappa shape index (κ2) is 7.00. The molecule has 2 fully saturated rings. The van der Waals surface area contributed by atoms with Crippen molar-refractivity contribution in [3.05, 3.63) is 34.9 Å². The molecule has 1 amide bonds. The molecule has 2 aliphatic rings. The van der Waals surface area contributed by atoms with Crippen molar-refractivity contribution >= 4 is 27.5 Å². The Balaban J connectivity index is 1.70. The molecule has 2 saturated heterocycles. The predicted molar refractivity (Wildman–Crippen MR) is 91.6 cm³/mol. The van der Waals surface area contributed by atoms with Crippen molar-refractivity contribution in [3.63, 3.8) is 0 Å². The number of piperidine rings is 1. The summed E-state index contributed by atoms with van der Waals surface area (Å²) in [6.45, 7) is 2.26. The van der Waals surface area contributed by atoms with Crippen molar-refractivity contribution < 1.29 is 17.9 Å². The molecule has 1 aromatic rings. The van der Waals surface area contributed by atoms with Gasteiger partial charge in [-0.15, -0.1) is 0 Å². The summed E-state index contributed by atoms with van der Waals surface area (Å²) in [6, 6.07) is 6.90. The van der Waals surface area contributed by atoms with Gasteiger partial charge in [-0.3, -0.25) is 4.79 Å². The largest absolute Gasteiger partial charge is 0.375 e. The molecule has 2 heterocycles. The van der Waals surface area contributed by atoms with E-state index in [0.717, 1.165) is 6.42 Å². The number of benzene rings is 1. The summed E-state index contributed by atoms with van der Waals surface area (Å²) < 4.78 is 30.9. The van der Waals surface area contributed by atoms with Gasteiger partial charge < -0.3 is 9.64 Å². The van der Waals surface area contributed by atoms with E-state index in [1.807, 2.05) is 0 Å². The average Bonchev–Trinajstić information content (AvgIpc) is 2.75. The molecule has 0 aromatic heterocycles. The number of carbonyl (C=O) groups is 1. The Bertz CT molecular complexity index is 725. The molecule has 0 spiro atoms. The van der Waals surface area contributed by atoms with Crippen LogP contribution in [0.3, 0.4) is 0 Å². The predicted octanol–water partition coefficient (Wildman–Crippen LogP) is 1.46. The first-order chi connectivity index (χ1) is 11.3. The van der Waals surface area contributed by atoms with Crippen LogP contribution in [-0.4, -0.2) is 68.7 Å². The monoisotopic (exact) mass is 372 g/mol. The first kappa shape index (κ1) is 17.7. The lowest BCUT2D eigenvalue weighted by atomic mass is 9.93. The minimum atomic E-state index is -3.22. The highest BCUT2D eigenvalue weighted by atomic mass is 35.5. The van der Waals surface area contributed by atoms with Gasteiger partial charge in [-0.1, -0.05) is 17.7 Å². The van der Waals surface area contributed by atoms with Gasteiger partial charge >= 0.3 is 0 Å². The Kier molecular flexibility index (Phi) is 5.15. The number of amides is 1. The number of hydrogen-bond donors (Lipinski definition) is 0. The van der Waals surface area contributed by atoms with Crippen LogP contribution in [0.25, 0.3) is 0 Å². The summed E-state index contributed by atoms with van der Waals surface area (Å²) in [5, 5.41) is 0.533. The molecule has 3 rings (SSSR count). The number of sulfonamides is 1. The van der Waals surface area contributed by atoms with Crippen LogP contribution in [-0.2, 0) is 14.8 Å². The third kappa shape index (κ3) is 3.91. The van der Waals surface area contributed by atoms with Crippen molar-refractivity contribution in [1.82, 2.24) is 9.21 Å². The number of fused-ring (bicyclic) bond motifs is 1.